The monoisotopic (exact) mass is 349 g/mol. The normalized spacial score (nSPS) is 15.4. The van der Waals surface area contributed by atoms with Crippen molar-refractivity contribution in [3.05, 3.63) is 27.1 Å². The lowest BCUT2D eigenvalue weighted by Crippen LogP contribution is -2.40. The van der Waals surface area contributed by atoms with Gasteiger partial charge in [-0.2, -0.15) is 0 Å². The largest absolute Gasteiger partial charge is 0.378 e. The van der Waals surface area contributed by atoms with Crippen LogP contribution in [0.1, 0.15) is 29.6 Å². The second kappa shape index (κ2) is 9.04. The quantitative estimate of drug-likeness (QED) is 0.481. The molecule has 2 heterocycles. The molecule has 1 saturated heterocycles. The van der Waals surface area contributed by atoms with Gasteiger partial charge in [-0.3, -0.25) is 14.9 Å². The van der Waals surface area contributed by atoms with Crippen LogP contribution in [-0.2, 0) is 4.74 Å². The van der Waals surface area contributed by atoms with Crippen molar-refractivity contribution < 1.29 is 14.5 Å². The van der Waals surface area contributed by atoms with Gasteiger partial charge in [-0.1, -0.05) is 11.3 Å². The van der Waals surface area contributed by atoms with Gasteiger partial charge in [0.2, 0.25) is 0 Å². The molecule has 1 aliphatic heterocycles. The van der Waals surface area contributed by atoms with Crippen molar-refractivity contribution >= 4 is 34.7 Å². The third kappa shape index (κ3) is 4.91. The number of hydrogen-bond donors (Lipinski definition) is 1. The summed E-state index contributed by atoms with van der Waals surface area (Å²) in [5.74, 6) is -0.139. The van der Waals surface area contributed by atoms with Gasteiger partial charge < -0.3 is 15.4 Å². The summed E-state index contributed by atoms with van der Waals surface area (Å²) in [7, 11) is 0. The fourth-order valence-corrected chi connectivity index (χ4v) is 2.97. The highest BCUT2D eigenvalue weighted by Crippen LogP contribution is 2.25. The van der Waals surface area contributed by atoms with E-state index in [2.05, 4.69) is 0 Å². The van der Waals surface area contributed by atoms with Gasteiger partial charge in [0.15, 0.2) is 0 Å². The SMILES string of the molecule is Cl.NCCCOC1CCN(C(=O)c2csc([N+](=O)[O-])c2)CC1. The number of rotatable bonds is 6. The number of thiophene rings is 1. The van der Waals surface area contributed by atoms with Crippen molar-refractivity contribution in [3.8, 4) is 0 Å². The fraction of sp³-hybridized carbons (Fsp3) is 0.615. The van der Waals surface area contributed by atoms with Gasteiger partial charge >= 0.3 is 5.00 Å². The molecule has 0 atom stereocenters. The smallest absolute Gasteiger partial charge is 0.324 e. The minimum Gasteiger partial charge on any atom is -0.378 e. The number of likely N-dealkylation sites (tertiary alicyclic amines) is 1. The molecule has 9 heteroatoms. The Balaban J connectivity index is 0.00000242. The van der Waals surface area contributed by atoms with Crippen molar-refractivity contribution in [1.82, 2.24) is 4.90 Å². The number of carbonyl (C=O) groups is 1. The van der Waals surface area contributed by atoms with Crippen LogP contribution in [0.5, 0.6) is 0 Å². The Bertz CT molecular complexity index is 503. The van der Waals surface area contributed by atoms with Crippen molar-refractivity contribution in [1.29, 1.82) is 0 Å². The second-order valence-electron chi connectivity index (χ2n) is 4.94. The Hall–Kier alpha value is -1.22. The van der Waals surface area contributed by atoms with Gasteiger partial charge in [0, 0.05) is 31.1 Å². The highest BCUT2D eigenvalue weighted by Gasteiger charge is 2.25. The first-order valence-corrected chi connectivity index (χ1v) is 7.83. The predicted octanol–water partition coefficient (Wildman–Crippen LogP) is 2.05. The Kier molecular flexibility index (Phi) is 7.74. The Morgan fingerprint density at radius 1 is 1.50 bits per heavy atom. The number of piperidine rings is 1. The number of hydrogen-bond acceptors (Lipinski definition) is 6. The van der Waals surface area contributed by atoms with Crippen LogP contribution >= 0.6 is 23.7 Å². The van der Waals surface area contributed by atoms with Crippen molar-refractivity contribution in [2.24, 2.45) is 5.73 Å². The lowest BCUT2D eigenvalue weighted by Gasteiger charge is -2.31. The maximum absolute atomic E-state index is 12.3. The lowest BCUT2D eigenvalue weighted by molar-refractivity contribution is -0.380. The highest BCUT2D eigenvalue weighted by molar-refractivity contribution is 7.13. The number of amides is 1. The lowest BCUT2D eigenvalue weighted by atomic mass is 10.1. The van der Waals surface area contributed by atoms with E-state index >= 15 is 0 Å². The molecular weight excluding hydrogens is 330 g/mol. The van der Waals surface area contributed by atoms with Gasteiger partial charge in [-0.05, 0) is 25.8 Å². The van der Waals surface area contributed by atoms with E-state index in [0.717, 1.165) is 30.6 Å². The molecule has 0 radical (unpaired) electrons. The number of nitro groups is 1. The van der Waals surface area contributed by atoms with E-state index in [0.29, 0.717) is 31.8 Å². The van der Waals surface area contributed by atoms with E-state index < -0.39 is 4.92 Å². The maximum atomic E-state index is 12.3. The third-order valence-corrected chi connectivity index (χ3v) is 4.32. The molecule has 0 saturated carbocycles. The number of nitrogens with zero attached hydrogens (tertiary/aromatic N) is 2. The second-order valence-corrected chi connectivity index (χ2v) is 5.82. The van der Waals surface area contributed by atoms with Crippen LogP contribution in [0, 0.1) is 10.1 Å². The minimum atomic E-state index is -0.473. The number of carbonyl (C=O) groups excluding carboxylic acids is 1. The van der Waals surface area contributed by atoms with Crippen molar-refractivity contribution in [3.63, 3.8) is 0 Å². The van der Waals surface area contributed by atoms with Gasteiger partial charge in [0.1, 0.15) is 0 Å². The molecular formula is C13H20ClN3O4S. The molecule has 2 N–H and O–H groups in total. The van der Waals surface area contributed by atoms with Gasteiger partial charge in [-0.15, -0.1) is 12.4 Å². The molecule has 1 fully saturated rings. The fourth-order valence-electron chi connectivity index (χ4n) is 2.27. The third-order valence-electron chi connectivity index (χ3n) is 3.44. The molecule has 0 aliphatic carbocycles. The summed E-state index contributed by atoms with van der Waals surface area (Å²) in [6.45, 7) is 2.52. The van der Waals surface area contributed by atoms with Crippen LogP contribution in [0.4, 0.5) is 5.00 Å². The number of nitrogens with two attached hydrogens (primary N) is 1. The minimum absolute atomic E-state index is 0. The molecule has 0 spiro atoms. The maximum Gasteiger partial charge on any atom is 0.324 e. The first-order valence-electron chi connectivity index (χ1n) is 6.95. The first kappa shape index (κ1) is 18.8. The van der Waals surface area contributed by atoms with Gasteiger partial charge in [0.25, 0.3) is 5.91 Å². The van der Waals surface area contributed by atoms with E-state index in [-0.39, 0.29) is 29.4 Å². The topological polar surface area (TPSA) is 98.7 Å². The summed E-state index contributed by atoms with van der Waals surface area (Å²) < 4.78 is 5.69. The first-order chi connectivity index (χ1) is 10.1. The molecule has 0 bridgehead atoms. The molecule has 1 aromatic rings. The molecule has 2 rings (SSSR count). The molecule has 0 unspecified atom stereocenters. The van der Waals surface area contributed by atoms with Crippen LogP contribution in [0.3, 0.4) is 0 Å². The predicted molar refractivity (Wildman–Crippen MR) is 86.8 cm³/mol. The van der Waals surface area contributed by atoms with Crippen LogP contribution in [0.2, 0.25) is 0 Å². The summed E-state index contributed by atoms with van der Waals surface area (Å²) >= 11 is 0.981. The van der Waals surface area contributed by atoms with E-state index in [9.17, 15) is 14.9 Å². The number of ether oxygens (including phenoxy) is 1. The highest BCUT2D eigenvalue weighted by atomic mass is 35.5. The molecule has 124 valence electrons. The summed E-state index contributed by atoms with van der Waals surface area (Å²) in [6.07, 6.45) is 2.61. The van der Waals surface area contributed by atoms with Crippen molar-refractivity contribution in [2.45, 2.75) is 25.4 Å². The van der Waals surface area contributed by atoms with E-state index in [1.165, 1.54) is 6.07 Å². The molecule has 0 aromatic carbocycles. The summed E-state index contributed by atoms with van der Waals surface area (Å²) in [5, 5.41) is 12.2. The average molecular weight is 350 g/mol. The molecule has 1 aliphatic rings. The molecule has 22 heavy (non-hydrogen) atoms. The molecule has 7 nitrogen and oxygen atoms in total. The van der Waals surface area contributed by atoms with E-state index in [4.69, 9.17) is 10.5 Å². The Morgan fingerprint density at radius 3 is 2.73 bits per heavy atom. The average Bonchev–Trinajstić information content (AvgIpc) is 2.97. The van der Waals surface area contributed by atoms with Crippen LogP contribution < -0.4 is 5.73 Å². The Labute approximate surface area is 139 Å². The zero-order valence-corrected chi connectivity index (χ0v) is 13.7. The van der Waals surface area contributed by atoms with E-state index in [1.807, 2.05) is 0 Å². The van der Waals surface area contributed by atoms with Crippen LogP contribution in [0.25, 0.3) is 0 Å². The zero-order chi connectivity index (χ0) is 15.2. The molecule has 1 amide bonds. The van der Waals surface area contributed by atoms with Gasteiger partial charge in [-0.25, -0.2) is 0 Å². The zero-order valence-electron chi connectivity index (χ0n) is 12.1. The van der Waals surface area contributed by atoms with Crippen molar-refractivity contribution in [2.75, 3.05) is 26.2 Å². The Morgan fingerprint density at radius 2 is 2.18 bits per heavy atom. The van der Waals surface area contributed by atoms with Crippen LogP contribution in [-0.4, -0.2) is 48.1 Å². The number of halogens is 1. The summed E-state index contributed by atoms with van der Waals surface area (Å²) in [5.41, 5.74) is 5.81. The molecule has 1 aromatic heterocycles. The van der Waals surface area contributed by atoms with Crippen LogP contribution in [0.15, 0.2) is 11.4 Å². The summed E-state index contributed by atoms with van der Waals surface area (Å²) in [4.78, 5) is 24.2. The standard InChI is InChI=1S/C13H19N3O4S.ClH/c14-4-1-7-20-11-2-5-15(6-3-11)13(17)10-8-12(16(18)19)21-9-10;/h8-9,11H,1-7,14H2;1H. The summed E-state index contributed by atoms with van der Waals surface area (Å²) in [6, 6.07) is 1.34. The van der Waals surface area contributed by atoms with Gasteiger partial charge in [0.05, 0.1) is 16.6 Å². The van der Waals surface area contributed by atoms with E-state index in [1.54, 1.807) is 10.3 Å².